The summed E-state index contributed by atoms with van der Waals surface area (Å²) in [7, 11) is 0. The monoisotopic (exact) mass is 282 g/mol. The van der Waals surface area contributed by atoms with Crippen molar-refractivity contribution in [1.29, 1.82) is 0 Å². The zero-order chi connectivity index (χ0) is 14.4. The summed E-state index contributed by atoms with van der Waals surface area (Å²) < 4.78 is 25.2. The molecule has 0 atom stereocenters. The summed E-state index contributed by atoms with van der Waals surface area (Å²) in [5.41, 5.74) is 0.931. The number of benzene rings is 1. The van der Waals surface area contributed by atoms with Gasteiger partial charge < -0.3 is 9.47 Å². The van der Waals surface area contributed by atoms with Gasteiger partial charge >= 0.3 is 0 Å². The Labute approximate surface area is 117 Å². The highest BCUT2D eigenvalue weighted by molar-refractivity contribution is 6.34. The maximum atomic E-state index is 14.1. The summed E-state index contributed by atoms with van der Waals surface area (Å²) in [6.45, 7) is 11.1. The van der Waals surface area contributed by atoms with Gasteiger partial charge in [-0.1, -0.05) is 18.2 Å². The van der Waals surface area contributed by atoms with Crippen LogP contribution in [0.15, 0.2) is 24.5 Å². The van der Waals surface area contributed by atoms with Gasteiger partial charge in [-0.25, -0.2) is 4.39 Å². The van der Waals surface area contributed by atoms with Crippen molar-refractivity contribution in [3.63, 3.8) is 0 Å². The maximum Gasteiger partial charge on any atom is 0.178 e. The molecule has 1 aromatic carbocycles. The molecule has 0 fully saturated rings. The summed E-state index contributed by atoms with van der Waals surface area (Å²) in [4.78, 5) is 0. The fraction of sp³-hybridized carbons (Fsp3) is 0.333. The molecule has 0 amide bonds. The molecular weight excluding hydrogens is 267 g/mol. The van der Waals surface area contributed by atoms with Crippen molar-refractivity contribution in [3.05, 3.63) is 40.9 Å². The topological polar surface area (TPSA) is 18.5 Å². The van der Waals surface area contributed by atoms with Gasteiger partial charge in [0.25, 0.3) is 0 Å². The van der Waals surface area contributed by atoms with Crippen LogP contribution in [0.4, 0.5) is 4.39 Å². The van der Waals surface area contributed by atoms with Crippen LogP contribution >= 0.6 is 11.6 Å². The van der Waals surface area contributed by atoms with Crippen molar-refractivity contribution in [2.45, 2.75) is 33.3 Å². The molecule has 1 aliphatic heterocycles. The minimum Gasteiger partial charge on any atom is -0.483 e. The first-order valence-corrected chi connectivity index (χ1v) is 6.33. The Bertz CT molecular complexity index is 583. The molecule has 102 valence electrons. The largest absolute Gasteiger partial charge is 0.483 e. The Kier molecular flexibility index (Phi) is 3.35. The minimum absolute atomic E-state index is 0.00965. The van der Waals surface area contributed by atoms with E-state index in [1.165, 1.54) is 6.07 Å². The van der Waals surface area contributed by atoms with Crippen molar-refractivity contribution in [1.82, 2.24) is 0 Å². The molecule has 0 radical (unpaired) electrons. The molecule has 0 bridgehead atoms. The van der Waals surface area contributed by atoms with Gasteiger partial charge in [-0.05, 0) is 45.4 Å². The fourth-order valence-electron chi connectivity index (χ4n) is 1.86. The number of ether oxygens (including phenoxy) is 2. The van der Waals surface area contributed by atoms with Crippen LogP contribution in [0.3, 0.4) is 0 Å². The molecule has 0 saturated carbocycles. The maximum absolute atomic E-state index is 14.1. The molecule has 1 aromatic rings. The van der Waals surface area contributed by atoms with E-state index in [4.69, 9.17) is 21.1 Å². The van der Waals surface area contributed by atoms with E-state index in [2.05, 4.69) is 6.58 Å². The molecule has 1 heterocycles. The number of hydrogen-bond acceptors (Lipinski definition) is 2. The first-order valence-electron chi connectivity index (χ1n) is 5.95. The first-order chi connectivity index (χ1) is 8.69. The lowest BCUT2D eigenvalue weighted by atomic mass is 10.0. The Morgan fingerprint density at radius 2 is 2.00 bits per heavy atom. The van der Waals surface area contributed by atoms with Crippen LogP contribution < -0.4 is 9.47 Å². The average molecular weight is 283 g/mol. The summed E-state index contributed by atoms with van der Waals surface area (Å²) >= 11 is 6.21. The van der Waals surface area contributed by atoms with E-state index in [0.717, 1.165) is 5.57 Å². The van der Waals surface area contributed by atoms with Crippen molar-refractivity contribution in [2.24, 2.45) is 0 Å². The second-order valence-corrected chi connectivity index (χ2v) is 5.87. The Balaban J connectivity index is 2.59. The summed E-state index contributed by atoms with van der Waals surface area (Å²) in [6.07, 6.45) is 1.74. The zero-order valence-corrected chi connectivity index (χ0v) is 12.2. The van der Waals surface area contributed by atoms with Gasteiger partial charge in [-0.2, -0.15) is 0 Å². The highest BCUT2D eigenvalue weighted by atomic mass is 35.5. The molecule has 2 rings (SSSR count). The highest BCUT2D eigenvalue weighted by Gasteiger charge is 2.26. The third-order valence-corrected chi connectivity index (χ3v) is 2.92. The van der Waals surface area contributed by atoms with Crippen LogP contribution in [0, 0.1) is 5.82 Å². The molecule has 1 aliphatic rings. The van der Waals surface area contributed by atoms with Crippen LogP contribution in [-0.2, 0) is 0 Å². The van der Waals surface area contributed by atoms with Crippen LogP contribution in [0.5, 0.6) is 11.5 Å². The Hall–Kier alpha value is -1.48. The van der Waals surface area contributed by atoms with Crippen LogP contribution in [0.25, 0.3) is 5.57 Å². The van der Waals surface area contributed by atoms with Crippen LogP contribution in [0.2, 0.25) is 5.02 Å². The number of fused-ring (bicyclic) bond motifs is 1. The summed E-state index contributed by atoms with van der Waals surface area (Å²) in [5.74, 6) is 0.380. The molecule has 2 nitrogen and oxygen atoms in total. The Morgan fingerprint density at radius 3 is 2.58 bits per heavy atom. The van der Waals surface area contributed by atoms with Crippen molar-refractivity contribution in [3.8, 4) is 11.5 Å². The number of allylic oxidation sites excluding steroid dienone is 2. The van der Waals surface area contributed by atoms with Gasteiger partial charge in [-0.15, -0.1) is 0 Å². The molecule has 4 heteroatoms. The van der Waals surface area contributed by atoms with Crippen LogP contribution in [0.1, 0.15) is 33.3 Å². The molecule has 0 aliphatic carbocycles. The van der Waals surface area contributed by atoms with Crippen molar-refractivity contribution in [2.75, 3.05) is 0 Å². The van der Waals surface area contributed by atoms with E-state index in [1.54, 1.807) is 6.08 Å². The van der Waals surface area contributed by atoms with Gasteiger partial charge in [0.1, 0.15) is 16.4 Å². The predicted octanol–water partition coefficient (Wildman–Crippen LogP) is 4.97. The summed E-state index contributed by atoms with van der Waals surface area (Å²) in [6, 6.07) is 1.38. The lowest BCUT2D eigenvalue weighted by molar-refractivity contribution is 0.124. The van der Waals surface area contributed by atoms with Gasteiger partial charge in [0.2, 0.25) is 0 Å². The van der Waals surface area contributed by atoms with E-state index >= 15 is 0 Å². The molecule has 0 saturated heterocycles. The third-order valence-electron chi connectivity index (χ3n) is 2.58. The zero-order valence-electron chi connectivity index (χ0n) is 11.4. The van der Waals surface area contributed by atoms with Crippen molar-refractivity contribution >= 4 is 17.2 Å². The molecule has 0 N–H and O–H groups in total. The van der Waals surface area contributed by atoms with Gasteiger partial charge in [0, 0.05) is 5.56 Å². The summed E-state index contributed by atoms with van der Waals surface area (Å²) in [5, 5.41) is 0.138. The standard InChI is InChI=1S/C15H16ClFO2/c1-8-6-9(2)18-13-10(8)7-11(17)14(12(13)16)19-15(3,4)5/h6-7H,2H2,1,3-5H3. The highest BCUT2D eigenvalue weighted by Crippen LogP contribution is 2.45. The number of hydrogen-bond donors (Lipinski definition) is 0. The number of halogens is 2. The Morgan fingerprint density at radius 1 is 1.37 bits per heavy atom. The van der Waals surface area contributed by atoms with E-state index in [1.807, 2.05) is 27.7 Å². The smallest absolute Gasteiger partial charge is 0.178 e. The molecular formula is C15H16ClFO2. The fourth-order valence-corrected chi connectivity index (χ4v) is 2.13. The van der Waals surface area contributed by atoms with E-state index in [9.17, 15) is 4.39 Å². The van der Waals surface area contributed by atoms with E-state index in [0.29, 0.717) is 17.1 Å². The predicted molar refractivity (Wildman–Crippen MR) is 75.2 cm³/mol. The minimum atomic E-state index is -0.546. The normalized spacial score (nSPS) is 14.6. The van der Waals surface area contributed by atoms with Crippen molar-refractivity contribution < 1.29 is 13.9 Å². The number of rotatable bonds is 1. The van der Waals surface area contributed by atoms with E-state index in [-0.39, 0.29) is 10.8 Å². The van der Waals surface area contributed by atoms with Gasteiger partial charge in [0.15, 0.2) is 17.3 Å². The second kappa shape index (κ2) is 4.57. The first kappa shape index (κ1) is 13.9. The van der Waals surface area contributed by atoms with Gasteiger partial charge in [-0.3, -0.25) is 0 Å². The van der Waals surface area contributed by atoms with Crippen LogP contribution in [-0.4, -0.2) is 5.60 Å². The SMILES string of the molecule is C=C1C=C(C)c2cc(F)c(OC(C)(C)C)c(Cl)c2O1. The molecule has 0 aromatic heterocycles. The quantitative estimate of drug-likeness (QED) is 0.724. The third kappa shape index (κ3) is 2.76. The molecule has 0 spiro atoms. The second-order valence-electron chi connectivity index (χ2n) is 5.49. The lowest BCUT2D eigenvalue weighted by Crippen LogP contribution is -2.24. The average Bonchev–Trinajstić information content (AvgIpc) is 2.25. The van der Waals surface area contributed by atoms with Gasteiger partial charge in [0.05, 0.1) is 0 Å². The van der Waals surface area contributed by atoms with E-state index < -0.39 is 11.4 Å². The lowest BCUT2D eigenvalue weighted by Gasteiger charge is -2.25. The molecule has 19 heavy (non-hydrogen) atoms. The molecule has 0 unspecified atom stereocenters.